The molecule has 1 amide bonds. The van der Waals surface area contributed by atoms with Crippen molar-refractivity contribution in [1.82, 2.24) is 14.8 Å². The number of aryl methyl sites for hydroxylation is 3. The number of carbonyl (C=O) groups excluding carboxylic acids is 1. The van der Waals surface area contributed by atoms with Gasteiger partial charge in [-0.2, -0.15) is 5.10 Å². The summed E-state index contributed by atoms with van der Waals surface area (Å²) in [5, 5.41) is 10.3. The Morgan fingerprint density at radius 3 is 2.60 bits per heavy atom. The van der Waals surface area contributed by atoms with Crippen LogP contribution in [0.3, 0.4) is 0 Å². The normalized spacial score (nSPS) is 11.0. The molecule has 0 radical (unpaired) electrons. The molecule has 0 atom stereocenters. The van der Waals surface area contributed by atoms with Gasteiger partial charge in [-0.15, -0.1) is 11.3 Å². The van der Waals surface area contributed by atoms with Crippen LogP contribution in [0.15, 0.2) is 61.9 Å². The summed E-state index contributed by atoms with van der Waals surface area (Å²) in [6, 6.07) is 12.9. The van der Waals surface area contributed by atoms with Gasteiger partial charge >= 0.3 is 0 Å². The molecular formula is C22H20N4O2S2. The second-order valence-corrected chi connectivity index (χ2v) is 8.98. The lowest BCUT2D eigenvalue weighted by Gasteiger charge is -2.12. The van der Waals surface area contributed by atoms with Gasteiger partial charge in [-0.05, 0) is 50.6 Å². The van der Waals surface area contributed by atoms with Crippen LogP contribution in [0.25, 0.3) is 10.8 Å². The van der Waals surface area contributed by atoms with Crippen LogP contribution in [-0.2, 0) is 6.54 Å². The Hall–Kier alpha value is -2.97. The van der Waals surface area contributed by atoms with Crippen molar-refractivity contribution < 1.29 is 4.79 Å². The highest BCUT2D eigenvalue weighted by atomic mass is 32.2. The van der Waals surface area contributed by atoms with E-state index in [4.69, 9.17) is 0 Å². The third-order valence-corrected chi connectivity index (χ3v) is 6.68. The standard InChI is InChI=1S/C22H20N4O2S2/c1-4-26-21(28)17-8-6-5-7-16(17)19(25-26)20(27)24-18-10-9-15(11-13(18)2)30-22-23-14(3)12-29-22/h5-12H,4H2,1-3H3,(H,24,27). The van der Waals surface area contributed by atoms with E-state index in [1.807, 2.05) is 44.4 Å². The maximum absolute atomic E-state index is 13.0. The largest absolute Gasteiger partial charge is 0.320 e. The Labute approximate surface area is 182 Å². The highest BCUT2D eigenvalue weighted by Gasteiger charge is 2.17. The number of aromatic nitrogens is 3. The molecule has 0 saturated carbocycles. The Kier molecular flexibility index (Phi) is 5.69. The molecule has 2 heterocycles. The number of nitrogens with zero attached hydrogens (tertiary/aromatic N) is 3. The minimum Gasteiger partial charge on any atom is -0.320 e. The quantitative estimate of drug-likeness (QED) is 0.482. The molecule has 1 N–H and O–H groups in total. The summed E-state index contributed by atoms with van der Waals surface area (Å²) in [6.07, 6.45) is 0. The summed E-state index contributed by atoms with van der Waals surface area (Å²) in [6.45, 7) is 6.15. The molecule has 0 bridgehead atoms. The molecule has 0 fully saturated rings. The summed E-state index contributed by atoms with van der Waals surface area (Å²) < 4.78 is 2.31. The van der Waals surface area contributed by atoms with E-state index in [-0.39, 0.29) is 17.2 Å². The zero-order valence-corrected chi connectivity index (χ0v) is 18.4. The Morgan fingerprint density at radius 2 is 1.93 bits per heavy atom. The number of nitrogens with one attached hydrogen (secondary N) is 1. The number of carbonyl (C=O) groups is 1. The van der Waals surface area contributed by atoms with Crippen molar-refractivity contribution in [2.45, 2.75) is 36.6 Å². The van der Waals surface area contributed by atoms with Crippen molar-refractivity contribution in [3.8, 4) is 0 Å². The molecule has 30 heavy (non-hydrogen) atoms. The van der Waals surface area contributed by atoms with Crippen LogP contribution in [0, 0.1) is 13.8 Å². The molecule has 2 aromatic carbocycles. The number of rotatable bonds is 5. The fourth-order valence-corrected chi connectivity index (χ4v) is 5.03. The number of hydrogen-bond donors (Lipinski definition) is 1. The van der Waals surface area contributed by atoms with Crippen molar-refractivity contribution in [2.24, 2.45) is 0 Å². The van der Waals surface area contributed by atoms with Crippen LogP contribution in [0.1, 0.15) is 28.7 Å². The molecule has 8 heteroatoms. The monoisotopic (exact) mass is 436 g/mol. The minimum atomic E-state index is -0.340. The second-order valence-electron chi connectivity index (χ2n) is 6.80. The maximum Gasteiger partial charge on any atom is 0.276 e. The molecule has 152 valence electrons. The number of hydrogen-bond acceptors (Lipinski definition) is 6. The molecule has 0 spiro atoms. The lowest BCUT2D eigenvalue weighted by Crippen LogP contribution is -2.27. The predicted molar refractivity (Wildman–Crippen MR) is 122 cm³/mol. The SMILES string of the molecule is CCn1nc(C(=O)Nc2ccc(Sc3nc(C)cs3)cc2C)c2ccccc2c1=O. The third-order valence-electron chi connectivity index (χ3n) is 4.63. The zero-order valence-electron chi connectivity index (χ0n) is 16.8. The zero-order chi connectivity index (χ0) is 21.3. The average molecular weight is 437 g/mol. The highest BCUT2D eigenvalue weighted by molar-refractivity contribution is 8.01. The third kappa shape index (κ3) is 4.01. The topological polar surface area (TPSA) is 76.9 Å². The van der Waals surface area contributed by atoms with Crippen LogP contribution in [0.2, 0.25) is 0 Å². The van der Waals surface area contributed by atoms with Gasteiger partial charge in [0.1, 0.15) is 0 Å². The van der Waals surface area contributed by atoms with E-state index in [9.17, 15) is 9.59 Å². The smallest absolute Gasteiger partial charge is 0.276 e. The second kappa shape index (κ2) is 8.41. The van der Waals surface area contributed by atoms with Gasteiger partial charge in [0.15, 0.2) is 10.0 Å². The summed E-state index contributed by atoms with van der Waals surface area (Å²) in [5.74, 6) is -0.340. The van der Waals surface area contributed by atoms with Crippen LogP contribution in [0.4, 0.5) is 5.69 Å². The van der Waals surface area contributed by atoms with Crippen molar-refractivity contribution in [3.05, 3.63) is 75.1 Å². The van der Waals surface area contributed by atoms with Crippen LogP contribution < -0.4 is 10.9 Å². The number of anilines is 1. The molecule has 0 saturated heterocycles. The van der Waals surface area contributed by atoms with Crippen molar-refractivity contribution in [1.29, 1.82) is 0 Å². The lowest BCUT2D eigenvalue weighted by atomic mass is 10.1. The molecule has 6 nitrogen and oxygen atoms in total. The highest BCUT2D eigenvalue weighted by Crippen LogP contribution is 2.32. The van der Waals surface area contributed by atoms with E-state index < -0.39 is 0 Å². The van der Waals surface area contributed by atoms with Gasteiger partial charge in [-0.25, -0.2) is 9.67 Å². The van der Waals surface area contributed by atoms with Gasteiger partial charge in [0.25, 0.3) is 11.5 Å². The van der Waals surface area contributed by atoms with Gasteiger partial charge in [-0.3, -0.25) is 9.59 Å². The summed E-state index contributed by atoms with van der Waals surface area (Å²) in [4.78, 5) is 31.1. The van der Waals surface area contributed by atoms with E-state index in [0.717, 1.165) is 20.5 Å². The molecule has 0 aliphatic carbocycles. The van der Waals surface area contributed by atoms with Crippen molar-refractivity contribution in [2.75, 3.05) is 5.32 Å². The summed E-state index contributed by atoms with van der Waals surface area (Å²) >= 11 is 3.21. The first-order valence-corrected chi connectivity index (χ1v) is 11.2. The summed E-state index contributed by atoms with van der Waals surface area (Å²) in [5.41, 5.74) is 2.70. The fraction of sp³-hybridized carbons (Fsp3) is 0.182. The van der Waals surface area contributed by atoms with Gasteiger partial charge in [0.05, 0.1) is 5.39 Å². The van der Waals surface area contributed by atoms with Gasteiger partial charge < -0.3 is 5.32 Å². The summed E-state index contributed by atoms with van der Waals surface area (Å²) in [7, 11) is 0. The number of amides is 1. The molecule has 0 aliphatic heterocycles. The minimum absolute atomic E-state index is 0.195. The molecule has 4 rings (SSSR count). The molecule has 0 aliphatic rings. The van der Waals surface area contributed by atoms with E-state index in [1.54, 1.807) is 47.4 Å². The van der Waals surface area contributed by atoms with Crippen molar-refractivity contribution >= 4 is 45.5 Å². The van der Waals surface area contributed by atoms with Crippen LogP contribution in [-0.4, -0.2) is 20.7 Å². The van der Waals surface area contributed by atoms with Crippen LogP contribution in [0.5, 0.6) is 0 Å². The van der Waals surface area contributed by atoms with Gasteiger partial charge in [0, 0.05) is 33.6 Å². The molecular weight excluding hydrogens is 416 g/mol. The van der Waals surface area contributed by atoms with E-state index in [0.29, 0.717) is 23.0 Å². The average Bonchev–Trinajstić information content (AvgIpc) is 3.15. The fourth-order valence-electron chi connectivity index (χ4n) is 3.12. The molecule has 2 aromatic heterocycles. The molecule has 4 aromatic rings. The number of benzene rings is 2. The van der Waals surface area contributed by atoms with E-state index >= 15 is 0 Å². The number of thiazole rings is 1. The molecule has 0 unspecified atom stereocenters. The Balaban J connectivity index is 1.63. The maximum atomic E-state index is 13.0. The number of fused-ring (bicyclic) bond motifs is 1. The lowest BCUT2D eigenvalue weighted by molar-refractivity contribution is 0.102. The van der Waals surface area contributed by atoms with Gasteiger partial charge in [0.2, 0.25) is 0 Å². The van der Waals surface area contributed by atoms with Crippen LogP contribution >= 0.6 is 23.1 Å². The van der Waals surface area contributed by atoms with E-state index in [1.165, 1.54) is 4.68 Å². The Bertz CT molecular complexity index is 1310. The first-order valence-electron chi connectivity index (χ1n) is 9.48. The predicted octanol–water partition coefficient (Wildman–Crippen LogP) is 4.89. The first kappa shape index (κ1) is 20.3. The first-order chi connectivity index (χ1) is 14.5. The Morgan fingerprint density at radius 1 is 1.17 bits per heavy atom. The van der Waals surface area contributed by atoms with E-state index in [2.05, 4.69) is 15.4 Å². The van der Waals surface area contributed by atoms with Gasteiger partial charge in [-0.1, -0.05) is 30.0 Å². The van der Waals surface area contributed by atoms with Crippen molar-refractivity contribution in [3.63, 3.8) is 0 Å².